The van der Waals surface area contributed by atoms with Gasteiger partial charge in [-0.2, -0.15) is 5.26 Å². The van der Waals surface area contributed by atoms with E-state index in [-0.39, 0.29) is 0 Å². The van der Waals surface area contributed by atoms with E-state index in [1.165, 1.54) is 30.4 Å². The van der Waals surface area contributed by atoms with Gasteiger partial charge in [-0.05, 0) is 36.8 Å². The molecule has 2 aliphatic heterocycles. The molecule has 4 heterocycles. The maximum absolute atomic E-state index is 10.1. The van der Waals surface area contributed by atoms with Crippen LogP contribution in [0, 0.1) is 11.3 Å². The van der Waals surface area contributed by atoms with Gasteiger partial charge in [-0.15, -0.1) is 10.2 Å². The fraction of sp³-hybridized carbons (Fsp3) is 0.409. The smallest absolute Gasteiger partial charge is 0.167 e. The Bertz CT molecular complexity index is 1030. The molecular formula is C22H24N6. The molecule has 0 spiro atoms. The fourth-order valence-corrected chi connectivity index (χ4v) is 4.66. The van der Waals surface area contributed by atoms with Crippen molar-refractivity contribution < 1.29 is 0 Å². The quantitative estimate of drug-likeness (QED) is 0.707. The van der Waals surface area contributed by atoms with Gasteiger partial charge in [0.05, 0.1) is 5.56 Å². The van der Waals surface area contributed by atoms with Crippen molar-refractivity contribution in [2.24, 2.45) is 0 Å². The van der Waals surface area contributed by atoms with Crippen molar-refractivity contribution in [3.63, 3.8) is 0 Å². The zero-order chi connectivity index (χ0) is 18.9. The Balaban J connectivity index is 1.56. The molecule has 0 saturated carbocycles. The normalized spacial score (nSPS) is 17.5. The molecule has 2 aliphatic rings. The lowest BCUT2D eigenvalue weighted by atomic mass is 9.95. The van der Waals surface area contributed by atoms with Gasteiger partial charge in [-0.1, -0.05) is 30.3 Å². The molecule has 1 aromatic carbocycles. The van der Waals surface area contributed by atoms with Gasteiger partial charge in [-0.3, -0.25) is 9.30 Å². The van der Waals surface area contributed by atoms with Gasteiger partial charge in [0.25, 0.3) is 0 Å². The van der Waals surface area contributed by atoms with Crippen molar-refractivity contribution in [2.75, 3.05) is 24.5 Å². The number of piperidine rings is 1. The van der Waals surface area contributed by atoms with E-state index in [1.807, 2.05) is 0 Å². The van der Waals surface area contributed by atoms with Crippen LogP contribution in [-0.4, -0.2) is 39.1 Å². The van der Waals surface area contributed by atoms with Crippen molar-refractivity contribution in [2.45, 2.75) is 38.8 Å². The molecular weight excluding hydrogens is 348 g/mol. The van der Waals surface area contributed by atoms with Crippen LogP contribution in [0.3, 0.4) is 0 Å². The van der Waals surface area contributed by atoms with E-state index in [9.17, 15) is 5.26 Å². The average Bonchev–Trinajstić information content (AvgIpc) is 3.24. The lowest BCUT2D eigenvalue weighted by Crippen LogP contribution is -2.35. The first kappa shape index (κ1) is 17.2. The number of aromatic nitrogens is 3. The molecule has 5 rings (SSSR count). The predicted octanol–water partition coefficient (Wildman–Crippen LogP) is 3.15. The highest BCUT2D eigenvalue weighted by molar-refractivity contribution is 5.69. The van der Waals surface area contributed by atoms with Crippen molar-refractivity contribution in [3.8, 4) is 6.07 Å². The minimum absolute atomic E-state index is 0.807. The summed E-state index contributed by atoms with van der Waals surface area (Å²) in [5, 5.41) is 18.7. The monoisotopic (exact) mass is 372 g/mol. The van der Waals surface area contributed by atoms with Crippen LogP contribution in [0.15, 0.2) is 36.7 Å². The average molecular weight is 372 g/mol. The zero-order valence-electron chi connectivity index (χ0n) is 16.0. The van der Waals surface area contributed by atoms with Gasteiger partial charge < -0.3 is 4.90 Å². The summed E-state index contributed by atoms with van der Waals surface area (Å²) >= 11 is 0. The molecule has 3 aromatic rings. The summed E-state index contributed by atoms with van der Waals surface area (Å²) in [5.41, 5.74) is 5.38. The Morgan fingerprint density at radius 2 is 1.82 bits per heavy atom. The van der Waals surface area contributed by atoms with Crippen LogP contribution < -0.4 is 4.90 Å². The fourth-order valence-electron chi connectivity index (χ4n) is 4.66. The van der Waals surface area contributed by atoms with E-state index < -0.39 is 0 Å². The summed E-state index contributed by atoms with van der Waals surface area (Å²) in [6, 6.07) is 13.1. The molecule has 6 heteroatoms. The van der Waals surface area contributed by atoms with E-state index >= 15 is 0 Å². The summed E-state index contributed by atoms with van der Waals surface area (Å²) in [7, 11) is 0. The predicted molar refractivity (Wildman–Crippen MR) is 108 cm³/mol. The summed E-state index contributed by atoms with van der Waals surface area (Å²) < 4.78 is 2.05. The lowest BCUT2D eigenvalue weighted by molar-refractivity contribution is 0.246. The molecule has 0 atom stereocenters. The first-order chi connectivity index (χ1) is 13.8. The Morgan fingerprint density at radius 3 is 2.61 bits per heavy atom. The highest BCUT2D eigenvalue weighted by Gasteiger charge is 2.28. The Morgan fingerprint density at radius 1 is 1.00 bits per heavy atom. The number of nitrogens with zero attached hydrogens (tertiary/aromatic N) is 6. The van der Waals surface area contributed by atoms with Gasteiger partial charge in [0.2, 0.25) is 0 Å². The topological polar surface area (TPSA) is 60.5 Å². The third-order valence-electron chi connectivity index (χ3n) is 6.01. The number of fused-ring (bicyclic) bond motifs is 3. The first-order valence-corrected chi connectivity index (χ1v) is 10.1. The minimum Gasteiger partial charge on any atom is -0.357 e. The molecule has 1 fully saturated rings. The van der Waals surface area contributed by atoms with Gasteiger partial charge in [-0.25, -0.2) is 0 Å². The third kappa shape index (κ3) is 2.92. The molecule has 0 bridgehead atoms. The summed E-state index contributed by atoms with van der Waals surface area (Å²) in [4.78, 5) is 4.79. The van der Waals surface area contributed by atoms with Crippen molar-refractivity contribution in [1.29, 1.82) is 5.26 Å². The number of rotatable bonds is 3. The second kappa shape index (κ2) is 7.25. The van der Waals surface area contributed by atoms with E-state index in [1.54, 1.807) is 6.33 Å². The van der Waals surface area contributed by atoms with E-state index in [4.69, 9.17) is 0 Å². The van der Waals surface area contributed by atoms with Crippen LogP contribution in [-0.2, 0) is 19.5 Å². The molecule has 0 radical (unpaired) electrons. The van der Waals surface area contributed by atoms with Crippen LogP contribution in [0.2, 0.25) is 0 Å². The maximum atomic E-state index is 10.1. The number of pyridine rings is 1. The van der Waals surface area contributed by atoms with Crippen molar-refractivity contribution in [3.05, 3.63) is 58.9 Å². The Hall–Kier alpha value is -2.91. The molecule has 0 aliphatic carbocycles. The second-order valence-electron chi connectivity index (χ2n) is 7.79. The first-order valence-electron chi connectivity index (χ1n) is 10.1. The lowest BCUT2D eigenvalue weighted by Gasteiger charge is -2.34. The van der Waals surface area contributed by atoms with Crippen LogP contribution >= 0.6 is 0 Å². The Labute approximate surface area is 165 Å². The van der Waals surface area contributed by atoms with Crippen LogP contribution in [0.25, 0.3) is 5.65 Å². The molecule has 1 saturated heterocycles. The summed E-state index contributed by atoms with van der Waals surface area (Å²) in [6.45, 7) is 4.68. The van der Waals surface area contributed by atoms with Gasteiger partial charge in [0.1, 0.15) is 18.2 Å². The molecule has 2 aromatic heterocycles. The van der Waals surface area contributed by atoms with E-state index in [0.717, 1.165) is 61.7 Å². The molecule has 0 N–H and O–H groups in total. The number of benzene rings is 1. The van der Waals surface area contributed by atoms with Gasteiger partial charge in [0.15, 0.2) is 5.65 Å². The highest BCUT2D eigenvalue weighted by atomic mass is 15.3. The molecule has 6 nitrogen and oxygen atoms in total. The number of anilines is 1. The van der Waals surface area contributed by atoms with Crippen LogP contribution in [0.5, 0.6) is 0 Å². The van der Waals surface area contributed by atoms with E-state index in [0.29, 0.717) is 0 Å². The molecule has 28 heavy (non-hydrogen) atoms. The van der Waals surface area contributed by atoms with Crippen molar-refractivity contribution >= 4 is 11.5 Å². The third-order valence-corrected chi connectivity index (χ3v) is 6.01. The SMILES string of the molecule is N#Cc1c2c(c3nncn3c1N1CCCCC1)CN(Cc1ccccc1)CC2. The van der Waals surface area contributed by atoms with Crippen molar-refractivity contribution in [1.82, 2.24) is 19.5 Å². The standard InChI is InChI=1S/C22H24N6/c23-13-19-18-9-12-26(14-17-7-3-1-4-8-17)15-20(18)21-25-24-16-28(21)22(19)27-10-5-2-6-11-27/h1,3-4,7-8,16H,2,5-6,9-12,14-15H2. The minimum atomic E-state index is 0.807. The number of nitriles is 1. The highest BCUT2D eigenvalue weighted by Crippen LogP contribution is 2.34. The zero-order valence-corrected chi connectivity index (χ0v) is 16.0. The summed E-state index contributed by atoms with van der Waals surface area (Å²) in [5.74, 6) is 0.998. The molecule has 0 amide bonds. The van der Waals surface area contributed by atoms with Crippen LogP contribution in [0.4, 0.5) is 5.82 Å². The Kier molecular flexibility index (Phi) is 4.46. The number of hydrogen-bond donors (Lipinski definition) is 0. The molecule has 142 valence electrons. The second-order valence-corrected chi connectivity index (χ2v) is 7.79. The largest absolute Gasteiger partial charge is 0.357 e. The van der Waals surface area contributed by atoms with E-state index in [2.05, 4.69) is 60.8 Å². The van der Waals surface area contributed by atoms with Gasteiger partial charge in [0, 0.05) is 38.3 Å². The molecule has 0 unspecified atom stereocenters. The maximum Gasteiger partial charge on any atom is 0.167 e. The van der Waals surface area contributed by atoms with Crippen LogP contribution in [0.1, 0.15) is 41.5 Å². The summed E-state index contributed by atoms with van der Waals surface area (Å²) in [6.07, 6.45) is 6.28. The van der Waals surface area contributed by atoms with Gasteiger partial charge >= 0.3 is 0 Å². The number of hydrogen-bond acceptors (Lipinski definition) is 5.